The summed E-state index contributed by atoms with van der Waals surface area (Å²) in [6.45, 7) is 1.78. The van der Waals surface area contributed by atoms with Gasteiger partial charge in [0.15, 0.2) is 0 Å². The number of carbonyl (C=O) groups excluding carboxylic acids is 1. The Hall–Kier alpha value is -1.38. The number of hydrogen-bond acceptors (Lipinski definition) is 3. The molecule has 1 amide bonds. The molecule has 0 heterocycles. The van der Waals surface area contributed by atoms with E-state index in [1.165, 1.54) is 23.1 Å². The minimum Gasteiger partial charge on any atom is -0.409 e. The fourth-order valence-corrected chi connectivity index (χ4v) is 2.24. The normalized spacial score (nSPS) is 13.2. The van der Waals surface area contributed by atoms with E-state index in [-0.39, 0.29) is 30.0 Å². The quantitative estimate of drug-likeness (QED) is 0.276. The van der Waals surface area contributed by atoms with Crippen molar-refractivity contribution >= 4 is 34.3 Å². The van der Waals surface area contributed by atoms with Gasteiger partial charge in [-0.05, 0) is 47.7 Å². The summed E-state index contributed by atoms with van der Waals surface area (Å²) in [5.41, 5.74) is 5.84. The second-order valence-electron chi connectivity index (χ2n) is 4.18. The summed E-state index contributed by atoms with van der Waals surface area (Å²) in [5, 5.41) is 11.4. The second kappa shape index (κ2) is 6.69. The van der Waals surface area contributed by atoms with Crippen molar-refractivity contribution in [3.63, 3.8) is 0 Å². The van der Waals surface area contributed by atoms with Gasteiger partial charge in [0, 0.05) is 23.1 Å². The molecule has 0 saturated carbocycles. The Morgan fingerprint density at radius 3 is 2.79 bits per heavy atom. The van der Waals surface area contributed by atoms with Crippen LogP contribution in [-0.4, -0.2) is 34.9 Å². The molecule has 0 radical (unpaired) electrons. The first kappa shape index (κ1) is 15.7. The van der Waals surface area contributed by atoms with Gasteiger partial charge in [0.1, 0.15) is 11.7 Å². The molecular weight excluding hydrogens is 364 g/mol. The zero-order valence-electron chi connectivity index (χ0n) is 10.6. The van der Waals surface area contributed by atoms with Crippen LogP contribution >= 0.6 is 22.6 Å². The molecule has 1 unspecified atom stereocenters. The lowest BCUT2D eigenvalue weighted by Gasteiger charge is -2.25. The molecule has 0 saturated heterocycles. The SMILES string of the molecule is CC(C/C(N)=N/O)N(C)C(=O)c1ccc(F)cc1I. The van der Waals surface area contributed by atoms with E-state index in [4.69, 9.17) is 10.9 Å². The van der Waals surface area contributed by atoms with Gasteiger partial charge in [-0.25, -0.2) is 4.39 Å². The topological polar surface area (TPSA) is 78.9 Å². The van der Waals surface area contributed by atoms with Gasteiger partial charge in [-0.2, -0.15) is 0 Å². The monoisotopic (exact) mass is 379 g/mol. The molecule has 19 heavy (non-hydrogen) atoms. The van der Waals surface area contributed by atoms with Crippen molar-refractivity contribution in [2.75, 3.05) is 7.05 Å². The fourth-order valence-electron chi connectivity index (χ4n) is 1.53. The first-order chi connectivity index (χ1) is 8.86. The third kappa shape index (κ3) is 4.05. The molecule has 0 aromatic heterocycles. The lowest BCUT2D eigenvalue weighted by atomic mass is 10.1. The van der Waals surface area contributed by atoms with Crippen molar-refractivity contribution in [3.05, 3.63) is 33.1 Å². The first-order valence-electron chi connectivity index (χ1n) is 5.55. The zero-order chi connectivity index (χ0) is 14.6. The van der Waals surface area contributed by atoms with E-state index >= 15 is 0 Å². The molecule has 3 N–H and O–H groups in total. The van der Waals surface area contributed by atoms with Gasteiger partial charge < -0.3 is 15.8 Å². The molecule has 7 heteroatoms. The summed E-state index contributed by atoms with van der Waals surface area (Å²) in [6.07, 6.45) is 0.260. The molecule has 0 fully saturated rings. The van der Waals surface area contributed by atoms with Crippen LogP contribution in [0.2, 0.25) is 0 Å². The van der Waals surface area contributed by atoms with Gasteiger partial charge in [-0.15, -0.1) is 0 Å². The largest absolute Gasteiger partial charge is 0.409 e. The van der Waals surface area contributed by atoms with E-state index < -0.39 is 0 Å². The summed E-state index contributed by atoms with van der Waals surface area (Å²) >= 11 is 1.91. The maximum absolute atomic E-state index is 13.0. The van der Waals surface area contributed by atoms with Gasteiger partial charge >= 0.3 is 0 Å². The van der Waals surface area contributed by atoms with Crippen molar-refractivity contribution in [3.8, 4) is 0 Å². The zero-order valence-corrected chi connectivity index (χ0v) is 12.8. The Morgan fingerprint density at radius 2 is 2.26 bits per heavy atom. The number of halogens is 2. The summed E-state index contributed by atoms with van der Waals surface area (Å²) in [7, 11) is 1.62. The number of carbonyl (C=O) groups is 1. The number of benzene rings is 1. The van der Waals surface area contributed by atoms with E-state index in [1.54, 1.807) is 14.0 Å². The number of oxime groups is 1. The second-order valence-corrected chi connectivity index (χ2v) is 5.35. The Balaban J connectivity index is 2.87. The molecule has 0 aliphatic heterocycles. The number of nitrogens with two attached hydrogens (primary N) is 1. The van der Waals surface area contributed by atoms with E-state index in [0.29, 0.717) is 9.13 Å². The highest BCUT2D eigenvalue weighted by molar-refractivity contribution is 14.1. The highest BCUT2D eigenvalue weighted by Crippen LogP contribution is 2.17. The highest BCUT2D eigenvalue weighted by Gasteiger charge is 2.20. The summed E-state index contributed by atoms with van der Waals surface area (Å²) in [4.78, 5) is 13.7. The maximum atomic E-state index is 13.0. The number of amidine groups is 1. The molecule has 104 valence electrons. The molecular formula is C12H15FIN3O2. The number of hydrogen-bond donors (Lipinski definition) is 2. The molecule has 0 aliphatic carbocycles. The average Bonchev–Trinajstić information content (AvgIpc) is 2.36. The summed E-state index contributed by atoms with van der Waals surface area (Å²) in [5.74, 6) is -0.558. The number of rotatable bonds is 4. The van der Waals surface area contributed by atoms with E-state index in [9.17, 15) is 9.18 Å². The number of nitrogens with zero attached hydrogens (tertiary/aromatic N) is 2. The summed E-state index contributed by atoms with van der Waals surface area (Å²) < 4.78 is 13.5. The van der Waals surface area contributed by atoms with E-state index in [0.717, 1.165) is 0 Å². The molecule has 1 aromatic rings. The van der Waals surface area contributed by atoms with Crippen molar-refractivity contribution in [2.24, 2.45) is 10.9 Å². The van der Waals surface area contributed by atoms with Crippen molar-refractivity contribution in [2.45, 2.75) is 19.4 Å². The van der Waals surface area contributed by atoms with E-state index in [1.807, 2.05) is 22.6 Å². The molecule has 1 atom stereocenters. The predicted octanol–water partition coefficient (Wildman–Crippen LogP) is 2.03. The maximum Gasteiger partial charge on any atom is 0.254 e. The van der Waals surface area contributed by atoms with Crippen LogP contribution in [0.4, 0.5) is 4.39 Å². The van der Waals surface area contributed by atoms with Gasteiger partial charge in [-0.3, -0.25) is 4.79 Å². The average molecular weight is 379 g/mol. The lowest BCUT2D eigenvalue weighted by Crippen LogP contribution is -2.38. The van der Waals surface area contributed by atoms with Gasteiger partial charge in [0.2, 0.25) is 0 Å². The van der Waals surface area contributed by atoms with Crippen LogP contribution in [0.25, 0.3) is 0 Å². The van der Waals surface area contributed by atoms with Crippen LogP contribution in [0.1, 0.15) is 23.7 Å². The Bertz CT molecular complexity index is 508. The highest BCUT2D eigenvalue weighted by atomic mass is 127. The Kier molecular flexibility index (Phi) is 5.52. The van der Waals surface area contributed by atoms with Crippen LogP contribution in [0, 0.1) is 9.39 Å². The number of amides is 1. The van der Waals surface area contributed by atoms with Crippen LogP contribution in [0.15, 0.2) is 23.4 Å². The van der Waals surface area contributed by atoms with Crippen molar-refractivity contribution < 1.29 is 14.4 Å². The van der Waals surface area contributed by atoms with Crippen molar-refractivity contribution in [1.29, 1.82) is 0 Å². The van der Waals surface area contributed by atoms with Crippen LogP contribution in [0.5, 0.6) is 0 Å². The Morgan fingerprint density at radius 1 is 1.63 bits per heavy atom. The molecule has 5 nitrogen and oxygen atoms in total. The van der Waals surface area contributed by atoms with Crippen LogP contribution < -0.4 is 5.73 Å². The van der Waals surface area contributed by atoms with Gasteiger partial charge in [-0.1, -0.05) is 5.16 Å². The third-order valence-electron chi connectivity index (χ3n) is 2.78. The standard InChI is InChI=1S/C12H15FIN3O2/c1-7(5-11(15)16-19)17(2)12(18)9-4-3-8(13)6-10(9)14/h3-4,6-7,19H,5H2,1-2H3,(H2,15,16). The van der Waals surface area contributed by atoms with Crippen molar-refractivity contribution in [1.82, 2.24) is 4.90 Å². The molecule has 0 bridgehead atoms. The van der Waals surface area contributed by atoms with Crippen LogP contribution in [-0.2, 0) is 0 Å². The molecule has 1 rings (SSSR count). The first-order valence-corrected chi connectivity index (χ1v) is 6.63. The third-order valence-corrected chi connectivity index (χ3v) is 3.67. The van der Waals surface area contributed by atoms with E-state index in [2.05, 4.69) is 5.16 Å². The Labute approximate surface area is 124 Å². The van der Waals surface area contributed by atoms with Gasteiger partial charge in [0.05, 0.1) is 5.56 Å². The van der Waals surface area contributed by atoms with Crippen LogP contribution in [0.3, 0.4) is 0 Å². The predicted molar refractivity (Wildman–Crippen MR) is 78.7 cm³/mol. The molecule has 0 aliphatic rings. The molecule has 1 aromatic carbocycles. The summed E-state index contributed by atoms with van der Waals surface area (Å²) in [6, 6.07) is 3.77. The minimum atomic E-state index is -0.381. The smallest absolute Gasteiger partial charge is 0.254 e. The fraction of sp³-hybridized carbons (Fsp3) is 0.333. The minimum absolute atomic E-state index is 0.0564. The lowest BCUT2D eigenvalue weighted by molar-refractivity contribution is 0.0746. The molecule has 0 spiro atoms. The van der Waals surface area contributed by atoms with Gasteiger partial charge in [0.25, 0.3) is 5.91 Å².